The van der Waals surface area contributed by atoms with Gasteiger partial charge in [0.25, 0.3) is 0 Å². The van der Waals surface area contributed by atoms with Gasteiger partial charge in [-0.2, -0.15) is 0 Å². The van der Waals surface area contributed by atoms with Crippen molar-refractivity contribution in [2.24, 2.45) is 5.73 Å². The molecule has 0 aliphatic carbocycles. The summed E-state index contributed by atoms with van der Waals surface area (Å²) in [5.41, 5.74) is 7.22. The highest BCUT2D eigenvalue weighted by Crippen LogP contribution is 2.13. The first-order valence-corrected chi connectivity index (χ1v) is 5.21. The lowest BCUT2D eigenvalue weighted by Crippen LogP contribution is -2.33. The zero-order valence-electron chi connectivity index (χ0n) is 9.46. The van der Waals surface area contributed by atoms with Crippen LogP contribution in [0.3, 0.4) is 0 Å². The van der Waals surface area contributed by atoms with Gasteiger partial charge in [0.05, 0.1) is 0 Å². The van der Waals surface area contributed by atoms with E-state index in [0.29, 0.717) is 5.65 Å². The molecule has 2 aromatic rings. The molecule has 1 unspecified atom stereocenters. The number of hydrogen-bond acceptors (Lipinski definition) is 5. The van der Waals surface area contributed by atoms with Crippen LogP contribution in [0, 0.1) is 0 Å². The van der Waals surface area contributed by atoms with Crippen LogP contribution in [0.1, 0.15) is 6.92 Å². The number of anilines is 1. The van der Waals surface area contributed by atoms with Crippen LogP contribution in [-0.2, 0) is 0 Å². The summed E-state index contributed by atoms with van der Waals surface area (Å²) >= 11 is 0. The fraction of sp³-hybridized carbons (Fsp3) is 0.364. The highest BCUT2D eigenvalue weighted by Gasteiger charge is 2.06. The van der Waals surface area contributed by atoms with Crippen molar-refractivity contribution < 1.29 is 0 Å². The fourth-order valence-electron chi connectivity index (χ4n) is 1.58. The molecule has 0 amide bonds. The van der Waals surface area contributed by atoms with Crippen molar-refractivity contribution >= 4 is 17.0 Å². The summed E-state index contributed by atoms with van der Waals surface area (Å²) in [4.78, 5) is 14.8. The van der Waals surface area contributed by atoms with E-state index in [1.807, 2.05) is 31.0 Å². The third-order valence-corrected chi connectivity index (χ3v) is 2.27. The molecular weight excluding hydrogens is 202 g/mol. The third kappa shape index (κ3) is 2.25. The smallest absolute Gasteiger partial charge is 0.180 e. The number of rotatable bonds is 3. The average Bonchev–Trinajstić information content (AvgIpc) is 2.27. The third-order valence-electron chi connectivity index (χ3n) is 2.27. The summed E-state index contributed by atoms with van der Waals surface area (Å²) < 4.78 is 0. The number of pyridine rings is 1. The van der Waals surface area contributed by atoms with E-state index in [4.69, 9.17) is 5.73 Å². The molecule has 0 saturated heterocycles. The van der Waals surface area contributed by atoms with Gasteiger partial charge in [0.1, 0.15) is 11.3 Å². The molecule has 0 fully saturated rings. The number of nitrogens with zero attached hydrogens (tertiary/aromatic N) is 4. The van der Waals surface area contributed by atoms with Crippen molar-refractivity contribution in [1.82, 2.24) is 15.0 Å². The minimum atomic E-state index is 0.115. The summed E-state index contributed by atoms with van der Waals surface area (Å²) in [6.07, 6.45) is 3.31. The number of hydrogen-bond donors (Lipinski definition) is 1. The number of nitrogens with two attached hydrogens (primary N) is 1. The zero-order chi connectivity index (χ0) is 11.5. The van der Waals surface area contributed by atoms with Crippen molar-refractivity contribution in [3.63, 3.8) is 0 Å². The Morgan fingerprint density at radius 2 is 2.06 bits per heavy atom. The first-order valence-electron chi connectivity index (χ1n) is 5.21. The van der Waals surface area contributed by atoms with Crippen LogP contribution in [0.4, 0.5) is 5.82 Å². The van der Waals surface area contributed by atoms with Gasteiger partial charge in [-0.15, -0.1) is 0 Å². The van der Waals surface area contributed by atoms with Crippen molar-refractivity contribution in [2.75, 3.05) is 18.5 Å². The monoisotopic (exact) mass is 217 g/mol. The molecule has 0 spiro atoms. The van der Waals surface area contributed by atoms with E-state index in [1.54, 1.807) is 12.4 Å². The minimum absolute atomic E-state index is 0.115. The Bertz CT molecular complexity index is 483. The minimum Gasteiger partial charge on any atom is -0.358 e. The van der Waals surface area contributed by atoms with Gasteiger partial charge in [-0.1, -0.05) is 0 Å². The molecule has 0 aliphatic rings. The van der Waals surface area contributed by atoms with E-state index < -0.39 is 0 Å². The summed E-state index contributed by atoms with van der Waals surface area (Å²) in [5.74, 6) is 0.866. The van der Waals surface area contributed by atoms with E-state index in [0.717, 1.165) is 17.9 Å². The second-order valence-electron chi connectivity index (χ2n) is 3.93. The maximum absolute atomic E-state index is 5.75. The molecule has 0 saturated carbocycles. The average molecular weight is 217 g/mol. The Kier molecular flexibility index (Phi) is 2.96. The van der Waals surface area contributed by atoms with E-state index in [1.165, 1.54) is 0 Å². The summed E-state index contributed by atoms with van der Waals surface area (Å²) in [7, 11) is 1.97. The number of aromatic nitrogens is 3. The molecule has 5 heteroatoms. The fourth-order valence-corrected chi connectivity index (χ4v) is 1.58. The van der Waals surface area contributed by atoms with Gasteiger partial charge in [-0.3, -0.25) is 4.98 Å². The van der Waals surface area contributed by atoms with Gasteiger partial charge in [0.15, 0.2) is 5.65 Å². The molecule has 1 atom stereocenters. The summed E-state index contributed by atoms with van der Waals surface area (Å²) in [5, 5.41) is 0. The van der Waals surface area contributed by atoms with Crippen molar-refractivity contribution in [2.45, 2.75) is 13.0 Å². The lowest BCUT2D eigenvalue weighted by molar-refractivity contribution is 0.712. The Morgan fingerprint density at radius 1 is 1.31 bits per heavy atom. The Labute approximate surface area is 94.3 Å². The Balaban J connectivity index is 2.32. The Morgan fingerprint density at radius 3 is 2.81 bits per heavy atom. The second kappa shape index (κ2) is 4.40. The first-order chi connectivity index (χ1) is 7.66. The van der Waals surface area contributed by atoms with Gasteiger partial charge in [0.2, 0.25) is 0 Å². The standard InChI is InChI=1S/C11H15N5/c1-8(12)7-16(2)10-4-3-9-11(15-10)14-6-5-13-9/h3-6,8H,7,12H2,1-2H3. The van der Waals surface area contributed by atoms with Crippen LogP contribution >= 0.6 is 0 Å². The van der Waals surface area contributed by atoms with Gasteiger partial charge >= 0.3 is 0 Å². The van der Waals surface area contributed by atoms with Crippen LogP contribution < -0.4 is 10.6 Å². The molecule has 16 heavy (non-hydrogen) atoms. The molecule has 5 nitrogen and oxygen atoms in total. The van der Waals surface area contributed by atoms with Crippen molar-refractivity contribution in [1.29, 1.82) is 0 Å². The van der Waals surface area contributed by atoms with E-state index in [2.05, 4.69) is 15.0 Å². The van der Waals surface area contributed by atoms with Crippen LogP contribution in [-0.4, -0.2) is 34.6 Å². The van der Waals surface area contributed by atoms with Gasteiger partial charge in [-0.05, 0) is 19.1 Å². The molecule has 0 bridgehead atoms. The molecule has 0 aromatic carbocycles. The highest BCUT2D eigenvalue weighted by atomic mass is 15.2. The lowest BCUT2D eigenvalue weighted by atomic mass is 10.3. The summed E-state index contributed by atoms with van der Waals surface area (Å²) in [6.45, 7) is 2.73. The van der Waals surface area contributed by atoms with Crippen LogP contribution in [0.5, 0.6) is 0 Å². The zero-order valence-corrected chi connectivity index (χ0v) is 9.46. The van der Waals surface area contributed by atoms with Gasteiger partial charge < -0.3 is 10.6 Å². The quantitative estimate of drug-likeness (QED) is 0.824. The molecule has 2 heterocycles. The van der Waals surface area contributed by atoms with E-state index in [9.17, 15) is 0 Å². The van der Waals surface area contributed by atoms with Crippen LogP contribution in [0.15, 0.2) is 24.5 Å². The maximum Gasteiger partial charge on any atom is 0.180 e. The summed E-state index contributed by atoms with van der Waals surface area (Å²) in [6, 6.07) is 3.96. The normalized spacial score (nSPS) is 12.7. The van der Waals surface area contributed by atoms with E-state index >= 15 is 0 Å². The molecule has 0 aliphatic heterocycles. The number of fused-ring (bicyclic) bond motifs is 1. The molecule has 0 radical (unpaired) electrons. The van der Waals surface area contributed by atoms with E-state index in [-0.39, 0.29) is 6.04 Å². The molecule has 2 aromatic heterocycles. The SMILES string of the molecule is CC(N)CN(C)c1ccc2nccnc2n1. The number of likely N-dealkylation sites (N-methyl/N-ethyl adjacent to an activating group) is 1. The van der Waals surface area contributed by atoms with Crippen molar-refractivity contribution in [3.8, 4) is 0 Å². The molecule has 2 rings (SSSR count). The van der Waals surface area contributed by atoms with Crippen molar-refractivity contribution in [3.05, 3.63) is 24.5 Å². The highest BCUT2D eigenvalue weighted by molar-refractivity contribution is 5.71. The van der Waals surface area contributed by atoms with Gasteiger partial charge in [-0.25, -0.2) is 9.97 Å². The van der Waals surface area contributed by atoms with Crippen LogP contribution in [0.2, 0.25) is 0 Å². The predicted octanol–water partition coefficient (Wildman–Crippen LogP) is 0.808. The topological polar surface area (TPSA) is 67.9 Å². The molecular formula is C11H15N5. The molecule has 84 valence electrons. The largest absolute Gasteiger partial charge is 0.358 e. The predicted molar refractivity (Wildman–Crippen MR) is 64.3 cm³/mol. The maximum atomic E-state index is 5.75. The first kappa shape index (κ1) is 10.8. The lowest BCUT2D eigenvalue weighted by Gasteiger charge is -2.20. The van der Waals surface area contributed by atoms with Crippen LogP contribution in [0.25, 0.3) is 11.2 Å². The second-order valence-corrected chi connectivity index (χ2v) is 3.93. The van der Waals surface area contributed by atoms with Gasteiger partial charge in [0, 0.05) is 32.0 Å². The Hall–Kier alpha value is -1.75. The molecule has 2 N–H and O–H groups in total.